The van der Waals surface area contributed by atoms with Gasteiger partial charge in [-0.05, 0) is 43.0 Å². The predicted octanol–water partition coefficient (Wildman–Crippen LogP) is 4.24. The van der Waals surface area contributed by atoms with Gasteiger partial charge in [-0.3, -0.25) is 0 Å². The van der Waals surface area contributed by atoms with Gasteiger partial charge in [-0.2, -0.15) is 0 Å². The molecule has 0 aliphatic heterocycles. The van der Waals surface area contributed by atoms with Crippen molar-refractivity contribution in [2.24, 2.45) is 0 Å². The molecule has 0 unspecified atom stereocenters. The van der Waals surface area contributed by atoms with Crippen molar-refractivity contribution >= 4 is 22.1 Å². The number of rotatable bonds is 3. The van der Waals surface area contributed by atoms with Gasteiger partial charge in [0.15, 0.2) is 0 Å². The van der Waals surface area contributed by atoms with Gasteiger partial charge < -0.3 is 4.74 Å². The lowest BCUT2D eigenvalue weighted by Crippen LogP contribution is -1.94. The molecule has 0 saturated heterocycles. The SMILES string of the molecule is CCc1nc(-c2nc(C)cs2)cc2cc(OC)ccc12. The van der Waals surface area contributed by atoms with Crippen molar-refractivity contribution < 1.29 is 4.74 Å². The molecule has 2 aromatic heterocycles. The lowest BCUT2D eigenvalue weighted by molar-refractivity contribution is 0.415. The van der Waals surface area contributed by atoms with Crippen LogP contribution in [0.15, 0.2) is 29.6 Å². The number of fused-ring (bicyclic) bond motifs is 1. The molecular weight excluding hydrogens is 268 g/mol. The first kappa shape index (κ1) is 13.1. The number of thiazole rings is 1. The summed E-state index contributed by atoms with van der Waals surface area (Å²) in [5.41, 5.74) is 3.09. The first-order valence-corrected chi connectivity index (χ1v) is 7.49. The molecule has 0 saturated carbocycles. The molecule has 0 N–H and O–H groups in total. The fourth-order valence-electron chi connectivity index (χ4n) is 2.29. The molecule has 0 bridgehead atoms. The lowest BCUT2D eigenvalue weighted by atomic mass is 10.1. The molecule has 0 amide bonds. The number of aromatic nitrogens is 2. The second-order valence-corrected chi connectivity index (χ2v) is 5.55. The number of hydrogen-bond donors (Lipinski definition) is 0. The van der Waals surface area contributed by atoms with Crippen LogP contribution in [0, 0.1) is 6.92 Å². The number of ether oxygens (including phenoxy) is 1. The summed E-state index contributed by atoms with van der Waals surface area (Å²) in [5.74, 6) is 0.868. The van der Waals surface area contributed by atoms with E-state index in [0.29, 0.717) is 0 Å². The Morgan fingerprint density at radius 1 is 1.20 bits per heavy atom. The van der Waals surface area contributed by atoms with Crippen molar-refractivity contribution in [1.82, 2.24) is 9.97 Å². The zero-order valence-electron chi connectivity index (χ0n) is 11.8. The molecule has 2 heterocycles. The number of methoxy groups -OCH3 is 1. The molecule has 0 radical (unpaired) electrons. The third kappa shape index (κ3) is 2.27. The van der Waals surface area contributed by atoms with Crippen LogP contribution in [0.25, 0.3) is 21.5 Å². The summed E-state index contributed by atoms with van der Waals surface area (Å²) in [7, 11) is 1.69. The van der Waals surface area contributed by atoms with Gasteiger partial charge in [-0.25, -0.2) is 9.97 Å². The molecule has 0 spiro atoms. The Bertz CT molecular complexity index is 764. The van der Waals surface area contributed by atoms with Gasteiger partial charge in [-0.15, -0.1) is 11.3 Å². The number of aryl methyl sites for hydroxylation is 2. The Hall–Kier alpha value is -1.94. The van der Waals surface area contributed by atoms with Crippen LogP contribution in [0.1, 0.15) is 18.3 Å². The second kappa shape index (κ2) is 5.21. The maximum absolute atomic E-state index is 5.31. The summed E-state index contributed by atoms with van der Waals surface area (Å²) < 4.78 is 5.31. The van der Waals surface area contributed by atoms with Crippen molar-refractivity contribution in [3.63, 3.8) is 0 Å². The Balaban J connectivity index is 2.23. The smallest absolute Gasteiger partial charge is 0.142 e. The van der Waals surface area contributed by atoms with E-state index in [-0.39, 0.29) is 0 Å². The molecule has 20 heavy (non-hydrogen) atoms. The quantitative estimate of drug-likeness (QED) is 0.721. The van der Waals surface area contributed by atoms with E-state index in [1.807, 2.05) is 13.0 Å². The van der Waals surface area contributed by atoms with Gasteiger partial charge in [0.05, 0.1) is 12.8 Å². The number of benzene rings is 1. The fraction of sp³-hybridized carbons (Fsp3) is 0.250. The van der Waals surface area contributed by atoms with Gasteiger partial charge in [0, 0.05) is 22.2 Å². The average Bonchev–Trinajstić information content (AvgIpc) is 2.92. The van der Waals surface area contributed by atoms with Gasteiger partial charge in [-0.1, -0.05) is 6.92 Å². The van der Waals surface area contributed by atoms with Crippen molar-refractivity contribution in [1.29, 1.82) is 0 Å². The van der Waals surface area contributed by atoms with E-state index in [0.717, 1.165) is 39.6 Å². The van der Waals surface area contributed by atoms with E-state index >= 15 is 0 Å². The van der Waals surface area contributed by atoms with Crippen LogP contribution in [0.4, 0.5) is 0 Å². The number of hydrogen-bond acceptors (Lipinski definition) is 4. The molecule has 3 aromatic rings. The minimum Gasteiger partial charge on any atom is -0.497 e. The second-order valence-electron chi connectivity index (χ2n) is 4.69. The van der Waals surface area contributed by atoms with Crippen molar-refractivity contribution in [3.8, 4) is 16.5 Å². The van der Waals surface area contributed by atoms with E-state index in [1.165, 1.54) is 5.39 Å². The van der Waals surface area contributed by atoms with E-state index in [9.17, 15) is 0 Å². The third-order valence-electron chi connectivity index (χ3n) is 3.29. The fourth-order valence-corrected chi connectivity index (χ4v) is 3.04. The standard InChI is InChI=1S/C16H16N2OS/c1-4-14-13-6-5-12(19-3)7-11(13)8-15(18-14)16-17-10(2)9-20-16/h5-9H,4H2,1-3H3. The molecule has 4 heteroatoms. The van der Waals surface area contributed by atoms with E-state index in [1.54, 1.807) is 18.4 Å². The molecule has 102 valence electrons. The highest BCUT2D eigenvalue weighted by atomic mass is 32.1. The first-order chi connectivity index (χ1) is 9.71. The summed E-state index contributed by atoms with van der Waals surface area (Å²) in [6.45, 7) is 4.13. The molecular formula is C16H16N2OS. The average molecular weight is 284 g/mol. The molecule has 3 rings (SSSR count). The first-order valence-electron chi connectivity index (χ1n) is 6.61. The maximum atomic E-state index is 5.31. The monoisotopic (exact) mass is 284 g/mol. The minimum absolute atomic E-state index is 0.868. The Labute approximate surface area is 122 Å². The van der Waals surface area contributed by atoms with Gasteiger partial charge in [0.2, 0.25) is 0 Å². The van der Waals surface area contributed by atoms with Crippen LogP contribution in [0.5, 0.6) is 5.75 Å². The maximum Gasteiger partial charge on any atom is 0.142 e. The highest BCUT2D eigenvalue weighted by Gasteiger charge is 2.10. The molecule has 0 aliphatic carbocycles. The lowest BCUT2D eigenvalue weighted by Gasteiger charge is -2.08. The normalized spacial score (nSPS) is 10.9. The van der Waals surface area contributed by atoms with Crippen molar-refractivity contribution in [3.05, 3.63) is 41.0 Å². The molecule has 0 aliphatic rings. The Morgan fingerprint density at radius 2 is 2.05 bits per heavy atom. The van der Waals surface area contributed by atoms with Crippen LogP contribution in [0.2, 0.25) is 0 Å². The third-order valence-corrected chi connectivity index (χ3v) is 4.27. The molecule has 1 aromatic carbocycles. The zero-order chi connectivity index (χ0) is 14.1. The van der Waals surface area contributed by atoms with Crippen molar-refractivity contribution in [2.75, 3.05) is 7.11 Å². The molecule has 3 nitrogen and oxygen atoms in total. The van der Waals surface area contributed by atoms with E-state index in [4.69, 9.17) is 9.72 Å². The number of nitrogens with zero attached hydrogens (tertiary/aromatic N) is 2. The van der Waals surface area contributed by atoms with Crippen LogP contribution in [-0.2, 0) is 6.42 Å². The topological polar surface area (TPSA) is 35.0 Å². The van der Waals surface area contributed by atoms with Gasteiger partial charge in [0.1, 0.15) is 10.8 Å². The minimum atomic E-state index is 0.868. The Kier molecular flexibility index (Phi) is 3.40. The highest BCUT2D eigenvalue weighted by molar-refractivity contribution is 7.13. The van der Waals surface area contributed by atoms with Gasteiger partial charge in [0.25, 0.3) is 0 Å². The molecule has 0 fully saturated rings. The predicted molar refractivity (Wildman–Crippen MR) is 83.5 cm³/mol. The van der Waals surface area contributed by atoms with Crippen LogP contribution >= 0.6 is 11.3 Å². The summed E-state index contributed by atoms with van der Waals surface area (Å²) in [4.78, 5) is 9.30. The van der Waals surface area contributed by atoms with E-state index < -0.39 is 0 Å². The zero-order valence-corrected chi connectivity index (χ0v) is 12.6. The van der Waals surface area contributed by atoms with Gasteiger partial charge >= 0.3 is 0 Å². The Morgan fingerprint density at radius 3 is 2.70 bits per heavy atom. The van der Waals surface area contributed by atoms with Crippen molar-refractivity contribution in [2.45, 2.75) is 20.3 Å². The van der Waals surface area contributed by atoms with Crippen LogP contribution < -0.4 is 4.74 Å². The summed E-state index contributed by atoms with van der Waals surface area (Å²) >= 11 is 1.64. The highest BCUT2D eigenvalue weighted by Crippen LogP contribution is 2.29. The van der Waals surface area contributed by atoms with E-state index in [2.05, 4.69) is 35.5 Å². The molecule has 0 atom stereocenters. The largest absolute Gasteiger partial charge is 0.497 e. The van der Waals surface area contributed by atoms with Crippen LogP contribution in [0.3, 0.4) is 0 Å². The summed E-state index contributed by atoms with van der Waals surface area (Å²) in [5, 5.41) is 5.37. The summed E-state index contributed by atoms with van der Waals surface area (Å²) in [6.07, 6.45) is 0.904. The van der Waals surface area contributed by atoms with Crippen LogP contribution in [-0.4, -0.2) is 17.1 Å². The summed E-state index contributed by atoms with van der Waals surface area (Å²) in [6, 6.07) is 8.21. The number of pyridine rings is 1.